The van der Waals surface area contributed by atoms with Crippen LogP contribution in [0.15, 0.2) is 30.6 Å². The van der Waals surface area contributed by atoms with Crippen molar-refractivity contribution in [2.45, 2.75) is 25.9 Å². The first-order valence-corrected chi connectivity index (χ1v) is 6.97. The van der Waals surface area contributed by atoms with Gasteiger partial charge in [0.05, 0.1) is 17.9 Å². The number of hydrogen-bond acceptors (Lipinski definition) is 3. The van der Waals surface area contributed by atoms with Gasteiger partial charge in [0.25, 0.3) is 5.91 Å². The van der Waals surface area contributed by atoms with Crippen molar-refractivity contribution in [2.24, 2.45) is 0 Å². The third-order valence-electron chi connectivity index (χ3n) is 3.12. The maximum absolute atomic E-state index is 13.7. The number of amides is 1. The Bertz CT molecular complexity index is 658. The van der Waals surface area contributed by atoms with Crippen molar-refractivity contribution in [1.82, 2.24) is 15.1 Å². The van der Waals surface area contributed by atoms with Gasteiger partial charge in [-0.25, -0.2) is 13.5 Å². The monoisotopic (exact) mass is 309 g/mol. The van der Waals surface area contributed by atoms with E-state index in [2.05, 4.69) is 10.4 Å². The number of rotatable bonds is 6. The van der Waals surface area contributed by atoms with Gasteiger partial charge in [-0.2, -0.15) is 5.10 Å². The zero-order valence-electron chi connectivity index (χ0n) is 12.1. The van der Waals surface area contributed by atoms with E-state index in [4.69, 9.17) is 0 Å². The summed E-state index contributed by atoms with van der Waals surface area (Å²) in [6.45, 7) is 2.08. The molecule has 2 aromatic rings. The Morgan fingerprint density at radius 3 is 2.91 bits per heavy atom. The van der Waals surface area contributed by atoms with Gasteiger partial charge in [-0.3, -0.25) is 4.79 Å². The molecule has 5 nitrogen and oxygen atoms in total. The zero-order chi connectivity index (χ0) is 16.1. The van der Waals surface area contributed by atoms with E-state index in [-0.39, 0.29) is 17.8 Å². The first kappa shape index (κ1) is 16.1. The molecule has 22 heavy (non-hydrogen) atoms. The van der Waals surface area contributed by atoms with Gasteiger partial charge in [-0.15, -0.1) is 0 Å². The van der Waals surface area contributed by atoms with E-state index < -0.39 is 23.6 Å². The van der Waals surface area contributed by atoms with Crippen LogP contribution >= 0.6 is 0 Å². The SMILES string of the molecule is CCCC(O)CNC(=O)c1cnn(-c2ccc(F)cc2F)c1. The van der Waals surface area contributed by atoms with Gasteiger partial charge < -0.3 is 10.4 Å². The number of halogens is 2. The fourth-order valence-corrected chi connectivity index (χ4v) is 1.99. The average molecular weight is 309 g/mol. The third-order valence-corrected chi connectivity index (χ3v) is 3.12. The minimum atomic E-state index is -0.770. The molecule has 2 N–H and O–H groups in total. The van der Waals surface area contributed by atoms with E-state index in [1.807, 2.05) is 6.92 Å². The number of carbonyl (C=O) groups excluding carboxylic acids is 1. The fourth-order valence-electron chi connectivity index (χ4n) is 1.99. The van der Waals surface area contributed by atoms with Crippen molar-refractivity contribution in [3.8, 4) is 5.69 Å². The van der Waals surface area contributed by atoms with Crippen LogP contribution in [0.1, 0.15) is 30.1 Å². The maximum atomic E-state index is 13.7. The molecule has 1 unspecified atom stereocenters. The average Bonchev–Trinajstić information content (AvgIpc) is 2.94. The Balaban J connectivity index is 2.06. The summed E-state index contributed by atoms with van der Waals surface area (Å²) in [6, 6.07) is 3.10. The molecule has 1 atom stereocenters. The minimum Gasteiger partial charge on any atom is -0.391 e. The van der Waals surface area contributed by atoms with Gasteiger partial charge in [0.1, 0.15) is 11.5 Å². The molecule has 0 bridgehead atoms. The number of aromatic nitrogens is 2. The summed E-state index contributed by atoms with van der Waals surface area (Å²) in [4.78, 5) is 11.9. The summed E-state index contributed by atoms with van der Waals surface area (Å²) in [5.74, 6) is -1.87. The number of benzene rings is 1. The van der Waals surface area contributed by atoms with Crippen LogP contribution in [0.25, 0.3) is 5.69 Å². The molecule has 7 heteroatoms. The summed E-state index contributed by atoms with van der Waals surface area (Å²) >= 11 is 0. The molecule has 0 saturated carbocycles. The van der Waals surface area contributed by atoms with E-state index in [9.17, 15) is 18.7 Å². The lowest BCUT2D eigenvalue weighted by Crippen LogP contribution is -2.31. The van der Waals surface area contributed by atoms with E-state index in [1.54, 1.807) is 0 Å². The molecule has 0 aliphatic rings. The predicted molar refractivity (Wildman–Crippen MR) is 76.7 cm³/mol. The van der Waals surface area contributed by atoms with E-state index in [1.165, 1.54) is 18.5 Å². The maximum Gasteiger partial charge on any atom is 0.254 e. The zero-order valence-corrected chi connectivity index (χ0v) is 12.1. The molecule has 1 aromatic heterocycles. The highest BCUT2D eigenvalue weighted by atomic mass is 19.1. The normalized spacial score (nSPS) is 12.2. The lowest BCUT2D eigenvalue weighted by atomic mass is 10.2. The first-order valence-electron chi connectivity index (χ1n) is 6.97. The quantitative estimate of drug-likeness (QED) is 0.858. The second kappa shape index (κ2) is 7.13. The standard InChI is InChI=1S/C15H17F2N3O2/c1-2-3-12(21)8-18-15(22)10-7-19-20(9-10)14-5-4-11(16)6-13(14)17/h4-7,9,12,21H,2-3,8H2,1H3,(H,18,22). The Kier molecular flexibility index (Phi) is 5.21. The van der Waals surface area contributed by atoms with Gasteiger partial charge in [0.2, 0.25) is 0 Å². The molecule has 1 heterocycles. The van der Waals surface area contributed by atoms with Crippen molar-refractivity contribution >= 4 is 5.91 Å². The van der Waals surface area contributed by atoms with Crippen LogP contribution in [-0.4, -0.2) is 33.4 Å². The molecule has 1 amide bonds. The van der Waals surface area contributed by atoms with Gasteiger partial charge in [-0.1, -0.05) is 13.3 Å². The smallest absolute Gasteiger partial charge is 0.254 e. The predicted octanol–water partition coefficient (Wildman–Crippen LogP) is 2.04. The molecular formula is C15H17F2N3O2. The second-order valence-electron chi connectivity index (χ2n) is 4.92. The van der Waals surface area contributed by atoms with Crippen LogP contribution in [-0.2, 0) is 0 Å². The minimum absolute atomic E-state index is 0.0477. The van der Waals surface area contributed by atoms with Gasteiger partial charge >= 0.3 is 0 Å². The number of nitrogens with zero attached hydrogens (tertiary/aromatic N) is 2. The number of aliphatic hydroxyl groups is 1. The highest BCUT2D eigenvalue weighted by Gasteiger charge is 2.13. The summed E-state index contributed by atoms with van der Waals surface area (Å²) < 4.78 is 27.7. The van der Waals surface area contributed by atoms with Crippen molar-refractivity contribution in [3.63, 3.8) is 0 Å². The van der Waals surface area contributed by atoms with Crippen molar-refractivity contribution in [2.75, 3.05) is 6.54 Å². The van der Waals surface area contributed by atoms with Crippen LogP contribution in [0.2, 0.25) is 0 Å². The number of nitrogens with one attached hydrogen (secondary N) is 1. The third kappa shape index (κ3) is 3.88. The van der Waals surface area contributed by atoms with E-state index in [0.29, 0.717) is 6.42 Å². The Morgan fingerprint density at radius 1 is 1.45 bits per heavy atom. The van der Waals surface area contributed by atoms with E-state index in [0.717, 1.165) is 23.2 Å². The highest BCUT2D eigenvalue weighted by molar-refractivity contribution is 5.93. The van der Waals surface area contributed by atoms with Crippen LogP contribution in [0.4, 0.5) is 8.78 Å². The summed E-state index contributed by atoms with van der Waals surface area (Å²) in [5, 5.41) is 16.0. The van der Waals surface area contributed by atoms with Crippen LogP contribution in [0.5, 0.6) is 0 Å². The summed E-state index contributed by atoms with van der Waals surface area (Å²) in [6.07, 6.45) is 3.44. The van der Waals surface area contributed by atoms with Gasteiger partial charge in [0.15, 0.2) is 5.82 Å². The lowest BCUT2D eigenvalue weighted by Gasteiger charge is -2.09. The Labute approximate surface area is 126 Å². The molecule has 0 saturated heterocycles. The molecule has 0 aliphatic heterocycles. The number of aliphatic hydroxyl groups excluding tert-OH is 1. The van der Waals surface area contributed by atoms with Crippen molar-refractivity contribution < 1.29 is 18.7 Å². The molecular weight excluding hydrogens is 292 g/mol. The van der Waals surface area contributed by atoms with Gasteiger partial charge in [0, 0.05) is 18.8 Å². The Hall–Kier alpha value is -2.28. The van der Waals surface area contributed by atoms with Crippen LogP contribution in [0.3, 0.4) is 0 Å². The van der Waals surface area contributed by atoms with Crippen molar-refractivity contribution in [1.29, 1.82) is 0 Å². The van der Waals surface area contributed by atoms with Gasteiger partial charge in [-0.05, 0) is 18.6 Å². The lowest BCUT2D eigenvalue weighted by molar-refractivity contribution is 0.0910. The second-order valence-corrected chi connectivity index (χ2v) is 4.92. The number of hydrogen-bond donors (Lipinski definition) is 2. The first-order chi connectivity index (χ1) is 10.5. The molecule has 0 aliphatic carbocycles. The topological polar surface area (TPSA) is 67.2 Å². The van der Waals surface area contributed by atoms with Crippen LogP contribution < -0.4 is 5.32 Å². The molecule has 0 radical (unpaired) electrons. The molecule has 1 aromatic carbocycles. The molecule has 2 rings (SSSR count). The molecule has 0 fully saturated rings. The van der Waals surface area contributed by atoms with Crippen molar-refractivity contribution in [3.05, 3.63) is 47.8 Å². The summed E-state index contributed by atoms with van der Waals surface area (Å²) in [7, 11) is 0. The Morgan fingerprint density at radius 2 is 2.23 bits per heavy atom. The van der Waals surface area contributed by atoms with E-state index >= 15 is 0 Å². The van der Waals surface area contributed by atoms with Crippen LogP contribution in [0, 0.1) is 11.6 Å². The molecule has 0 spiro atoms. The number of carbonyl (C=O) groups is 1. The largest absolute Gasteiger partial charge is 0.391 e. The highest BCUT2D eigenvalue weighted by Crippen LogP contribution is 2.14. The summed E-state index contributed by atoms with van der Waals surface area (Å²) in [5.41, 5.74) is 0.277. The fraction of sp³-hybridized carbons (Fsp3) is 0.333. The molecule has 118 valence electrons.